The number of nitrogens with one attached hydrogen (secondary N) is 2. The molecular weight excluding hydrogens is 432 g/mol. The fraction of sp³-hybridized carbons (Fsp3) is 0.0952. The topological polar surface area (TPSA) is 124 Å². The molecule has 0 aliphatic rings. The molecule has 10 nitrogen and oxygen atoms in total. The Morgan fingerprint density at radius 3 is 2.50 bits per heavy atom. The van der Waals surface area contributed by atoms with Gasteiger partial charge in [-0.1, -0.05) is 12.1 Å². The number of methoxy groups -OCH3 is 1. The van der Waals surface area contributed by atoms with Gasteiger partial charge in [0.1, 0.15) is 5.75 Å². The highest BCUT2D eigenvalue weighted by molar-refractivity contribution is 7.92. The lowest BCUT2D eigenvalue weighted by molar-refractivity contribution is 0.415. The Morgan fingerprint density at radius 1 is 1.06 bits per heavy atom. The van der Waals surface area contributed by atoms with E-state index in [-0.39, 0.29) is 16.7 Å². The van der Waals surface area contributed by atoms with Crippen molar-refractivity contribution in [1.82, 2.24) is 19.5 Å². The van der Waals surface area contributed by atoms with Gasteiger partial charge in [0.15, 0.2) is 22.2 Å². The van der Waals surface area contributed by atoms with Crippen LogP contribution in [-0.4, -0.2) is 35.0 Å². The first kappa shape index (κ1) is 19.8. The molecule has 0 saturated carbocycles. The van der Waals surface area contributed by atoms with Crippen molar-refractivity contribution in [2.75, 3.05) is 17.1 Å². The molecule has 3 aromatic heterocycles. The Morgan fingerprint density at radius 2 is 1.81 bits per heavy atom. The molecule has 5 aromatic rings. The highest BCUT2D eigenvalue weighted by Crippen LogP contribution is 2.34. The van der Waals surface area contributed by atoms with E-state index in [2.05, 4.69) is 25.0 Å². The number of para-hydroxylation sites is 2. The lowest BCUT2D eigenvalue weighted by Gasteiger charge is -2.14. The smallest absolute Gasteiger partial charge is 0.282 e. The number of sulfonamides is 1. The van der Waals surface area contributed by atoms with Gasteiger partial charge < -0.3 is 19.0 Å². The van der Waals surface area contributed by atoms with Gasteiger partial charge in [-0.25, -0.2) is 15.0 Å². The molecule has 0 bridgehead atoms. The molecule has 0 unspecified atom stereocenters. The molecule has 0 atom stereocenters. The van der Waals surface area contributed by atoms with Crippen molar-refractivity contribution < 1.29 is 17.6 Å². The van der Waals surface area contributed by atoms with Crippen LogP contribution in [0.5, 0.6) is 5.75 Å². The molecule has 0 radical (unpaired) electrons. The SMILES string of the molecule is COc1cc(Nc2nc3ccccc3nc2NS(=O)(=O)c2cn(C)cn2)c2occc2c1. The van der Waals surface area contributed by atoms with Gasteiger partial charge in [0.05, 0.1) is 36.4 Å². The van der Waals surface area contributed by atoms with Crippen molar-refractivity contribution in [3.63, 3.8) is 0 Å². The van der Waals surface area contributed by atoms with Crippen LogP contribution in [0.2, 0.25) is 0 Å². The van der Waals surface area contributed by atoms with Crippen molar-refractivity contribution in [3.8, 4) is 5.75 Å². The third-order valence-electron chi connectivity index (χ3n) is 4.77. The number of ether oxygens (including phenoxy) is 1. The summed E-state index contributed by atoms with van der Waals surface area (Å²) in [4.78, 5) is 13.0. The van der Waals surface area contributed by atoms with Gasteiger partial charge >= 0.3 is 0 Å². The molecule has 0 spiro atoms. The zero-order valence-electron chi connectivity index (χ0n) is 17.1. The van der Waals surface area contributed by atoms with E-state index in [0.29, 0.717) is 28.1 Å². The van der Waals surface area contributed by atoms with Crippen LogP contribution < -0.4 is 14.8 Å². The van der Waals surface area contributed by atoms with Crippen LogP contribution >= 0.6 is 0 Å². The fourth-order valence-electron chi connectivity index (χ4n) is 3.26. The molecule has 0 aliphatic carbocycles. The number of anilines is 3. The zero-order chi connectivity index (χ0) is 22.3. The number of rotatable bonds is 6. The van der Waals surface area contributed by atoms with Crippen LogP contribution in [-0.2, 0) is 17.1 Å². The van der Waals surface area contributed by atoms with Crippen molar-refractivity contribution in [2.24, 2.45) is 7.05 Å². The van der Waals surface area contributed by atoms with E-state index in [1.54, 1.807) is 55.3 Å². The predicted octanol–water partition coefficient (Wildman–Crippen LogP) is 3.66. The maximum Gasteiger partial charge on any atom is 0.282 e. The van der Waals surface area contributed by atoms with Crippen LogP contribution in [0.3, 0.4) is 0 Å². The normalized spacial score (nSPS) is 11.7. The van der Waals surface area contributed by atoms with Crippen LogP contribution in [0.15, 0.2) is 70.7 Å². The van der Waals surface area contributed by atoms with E-state index in [9.17, 15) is 8.42 Å². The van der Waals surface area contributed by atoms with Crippen molar-refractivity contribution in [2.45, 2.75) is 5.03 Å². The molecular formula is C21H18N6O4S. The molecule has 11 heteroatoms. The Balaban J connectivity index is 1.63. The summed E-state index contributed by atoms with van der Waals surface area (Å²) in [5, 5.41) is 3.83. The molecule has 0 amide bonds. The summed E-state index contributed by atoms with van der Waals surface area (Å²) >= 11 is 0. The van der Waals surface area contributed by atoms with E-state index >= 15 is 0 Å². The molecule has 0 fully saturated rings. The molecule has 5 rings (SSSR count). The van der Waals surface area contributed by atoms with Gasteiger partial charge in [-0.05, 0) is 24.3 Å². The fourth-order valence-corrected chi connectivity index (χ4v) is 4.25. The van der Waals surface area contributed by atoms with E-state index in [4.69, 9.17) is 9.15 Å². The highest BCUT2D eigenvalue weighted by atomic mass is 32.2. The first-order chi connectivity index (χ1) is 15.4. The minimum absolute atomic E-state index is 0.0249. The monoisotopic (exact) mass is 450 g/mol. The van der Waals surface area contributed by atoms with Crippen LogP contribution in [0.1, 0.15) is 0 Å². The molecule has 3 heterocycles. The summed E-state index contributed by atoms with van der Waals surface area (Å²) in [6.45, 7) is 0. The summed E-state index contributed by atoms with van der Waals surface area (Å²) in [5.74, 6) is 0.830. The van der Waals surface area contributed by atoms with Crippen LogP contribution in [0.4, 0.5) is 17.3 Å². The summed E-state index contributed by atoms with van der Waals surface area (Å²) in [7, 11) is -0.743. The minimum Gasteiger partial charge on any atom is -0.497 e. The number of benzene rings is 2. The van der Waals surface area contributed by atoms with E-state index in [1.807, 2.05) is 12.1 Å². The predicted molar refractivity (Wildman–Crippen MR) is 120 cm³/mol. The van der Waals surface area contributed by atoms with E-state index in [0.717, 1.165) is 5.39 Å². The van der Waals surface area contributed by atoms with Gasteiger partial charge in [0.2, 0.25) is 0 Å². The lowest BCUT2D eigenvalue weighted by Crippen LogP contribution is -2.16. The molecule has 0 aliphatic heterocycles. The van der Waals surface area contributed by atoms with Crippen molar-refractivity contribution in [1.29, 1.82) is 0 Å². The molecule has 32 heavy (non-hydrogen) atoms. The average Bonchev–Trinajstić information content (AvgIpc) is 3.43. The second-order valence-corrected chi connectivity index (χ2v) is 8.66. The average molecular weight is 450 g/mol. The number of aryl methyl sites for hydroxylation is 1. The second kappa shape index (κ2) is 7.54. The highest BCUT2D eigenvalue weighted by Gasteiger charge is 2.22. The van der Waals surface area contributed by atoms with Gasteiger partial charge in [-0.2, -0.15) is 8.42 Å². The number of hydrogen-bond donors (Lipinski definition) is 2. The third kappa shape index (κ3) is 3.58. The lowest BCUT2D eigenvalue weighted by atomic mass is 10.2. The number of aromatic nitrogens is 4. The van der Waals surface area contributed by atoms with Gasteiger partial charge in [0, 0.05) is 24.7 Å². The van der Waals surface area contributed by atoms with Crippen LogP contribution in [0.25, 0.3) is 22.0 Å². The number of fused-ring (bicyclic) bond motifs is 2. The van der Waals surface area contributed by atoms with E-state index < -0.39 is 10.0 Å². The summed E-state index contributed by atoms with van der Waals surface area (Å²) < 4.78 is 40.8. The second-order valence-electron chi connectivity index (χ2n) is 7.03. The number of furan rings is 1. The minimum atomic E-state index is -3.99. The molecule has 2 N–H and O–H groups in total. The maximum atomic E-state index is 12.9. The first-order valence-corrected chi connectivity index (χ1v) is 11.0. The summed E-state index contributed by atoms with van der Waals surface area (Å²) in [5.41, 5.74) is 2.24. The van der Waals surface area contributed by atoms with Gasteiger partial charge in [0.25, 0.3) is 10.0 Å². The third-order valence-corrected chi connectivity index (χ3v) is 6.00. The Hall–Kier alpha value is -4.12. The number of nitrogens with zero attached hydrogens (tertiary/aromatic N) is 4. The van der Waals surface area contributed by atoms with Crippen molar-refractivity contribution >= 4 is 49.3 Å². The molecule has 2 aromatic carbocycles. The zero-order valence-corrected chi connectivity index (χ0v) is 17.9. The number of imidazole rings is 1. The quantitative estimate of drug-likeness (QED) is 0.402. The first-order valence-electron chi connectivity index (χ1n) is 9.53. The van der Waals surface area contributed by atoms with Gasteiger partial charge in [-0.15, -0.1) is 0 Å². The molecule has 162 valence electrons. The largest absolute Gasteiger partial charge is 0.497 e. The Labute approximate surface area is 182 Å². The Bertz CT molecular complexity index is 1560. The Kier molecular flexibility index (Phi) is 4.67. The van der Waals surface area contributed by atoms with Gasteiger partial charge in [-0.3, -0.25) is 4.72 Å². The standard InChI is InChI=1S/C21H18N6O4S/c1-27-11-18(22-12-27)32(28,29)26-21-20(23-15-5-3-4-6-16(15)24-21)25-17-10-14(30-2)9-13-7-8-31-19(13)17/h3-12H,1-2H3,(H,23,25)(H,24,26). The number of hydrogen-bond acceptors (Lipinski definition) is 8. The summed E-state index contributed by atoms with van der Waals surface area (Å²) in [6, 6.07) is 12.5. The van der Waals surface area contributed by atoms with Crippen molar-refractivity contribution in [3.05, 3.63) is 61.3 Å². The van der Waals surface area contributed by atoms with Crippen LogP contribution in [0, 0.1) is 0 Å². The summed E-state index contributed by atoms with van der Waals surface area (Å²) in [6.07, 6.45) is 4.37. The maximum absolute atomic E-state index is 12.9. The van der Waals surface area contributed by atoms with E-state index in [1.165, 1.54) is 12.5 Å². The molecule has 0 saturated heterocycles.